The van der Waals surface area contributed by atoms with Gasteiger partial charge in [0.2, 0.25) is 0 Å². The monoisotopic (exact) mass is 337 g/mol. The average molecular weight is 337 g/mol. The Balaban J connectivity index is 1.59. The number of anilines is 1. The lowest BCUT2D eigenvalue weighted by atomic mass is 10.1. The zero-order chi connectivity index (χ0) is 17.6. The van der Waals surface area contributed by atoms with E-state index in [1.807, 2.05) is 44.2 Å². The molecule has 1 aliphatic heterocycles. The Kier molecular flexibility index (Phi) is 5.46. The quantitative estimate of drug-likeness (QED) is 0.689. The first-order valence-electron chi connectivity index (χ1n) is 8.47. The van der Waals surface area contributed by atoms with Crippen molar-refractivity contribution in [3.8, 4) is 0 Å². The van der Waals surface area contributed by atoms with Crippen LogP contribution in [0.25, 0.3) is 0 Å². The van der Waals surface area contributed by atoms with E-state index in [4.69, 9.17) is 4.74 Å². The molecule has 5 nitrogen and oxygen atoms in total. The number of carbonyl (C=O) groups is 1. The summed E-state index contributed by atoms with van der Waals surface area (Å²) in [5.41, 5.74) is 7.44. The summed E-state index contributed by atoms with van der Waals surface area (Å²) in [7, 11) is 0. The molecule has 2 aromatic carbocycles. The van der Waals surface area contributed by atoms with Crippen molar-refractivity contribution in [1.29, 1.82) is 0 Å². The van der Waals surface area contributed by atoms with Crippen LogP contribution in [0.4, 0.5) is 5.69 Å². The Morgan fingerprint density at radius 3 is 2.52 bits per heavy atom. The molecule has 130 valence electrons. The number of morpholine rings is 1. The van der Waals surface area contributed by atoms with E-state index in [2.05, 4.69) is 27.6 Å². The van der Waals surface area contributed by atoms with Gasteiger partial charge in [-0.1, -0.05) is 29.8 Å². The third kappa shape index (κ3) is 4.45. The van der Waals surface area contributed by atoms with Crippen LogP contribution in [0, 0.1) is 13.8 Å². The van der Waals surface area contributed by atoms with Crippen molar-refractivity contribution in [3.05, 3.63) is 64.7 Å². The highest BCUT2D eigenvalue weighted by molar-refractivity contribution is 5.96. The molecular weight excluding hydrogens is 314 g/mol. The minimum atomic E-state index is -0.196. The van der Waals surface area contributed by atoms with Crippen molar-refractivity contribution in [1.82, 2.24) is 5.43 Å². The lowest BCUT2D eigenvalue weighted by molar-refractivity contribution is 0.0954. The van der Waals surface area contributed by atoms with Crippen LogP contribution < -0.4 is 10.3 Å². The number of aryl methyl sites for hydroxylation is 2. The van der Waals surface area contributed by atoms with Crippen molar-refractivity contribution in [3.63, 3.8) is 0 Å². The van der Waals surface area contributed by atoms with Crippen molar-refractivity contribution in [2.24, 2.45) is 5.10 Å². The van der Waals surface area contributed by atoms with Gasteiger partial charge in [-0.25, -0.2) is 5.43 Å². The van der Waals surface area contributed by atoms with Gasteiger partial charge in [-0.3, -0.25) is 4.79 Å². The van der Waals surface area contributed by atoms with E-state index < -0.39 is 0 Å². The minimum Gasteiger partial charge on any atom is -0.378 e. The summed E-state index contributed by atoms with van der Waals surface area (Å²) < 4.78 is 5.37. The van der Waals surface area contributed by atoms with Gasteiger partial charge in [0, 0.05) is 24.3 Å². The Hall–Kier alpha value is -2.66. The maximum atomic E-state index is 12.2. The topological polar surface area (TPSA) is 53.9 Å². The Labute approximate surface area is 148 Å². The van der Waals surface area contributed by atoms with E-state index >= 15 is 0 Å². The molecule has 0 radical (unpaired) electrons. The molecule has 3 rings (SSSR count). The summed E-state index contributed by atoms with van der Waals surface area (Å²) in [6.07, 6.45) is 1.66. The van der Waals surface area contributed by atoms with Crippen LogP contribution >= 0.6 is 0 Å². The fourth-order valence-corrected chi connectivity index (χ4v) is 2.89. The molecule has 2 aromatic rings. The SMILES string of the molecule is Cc1ccc(C(=O)NN=Cc2ccc(N3CCOCC3)cc2)c(C)c1. The highest BCUT2D eigenvalue weighted by atomic mass is 16.5. The van der Waals surface area contributed by atoms with Gasteiger partial charge < -0.3 is 9.64 Å². The molecule has 1 saturated heterocycles. The third-order valence-corrected chi connectivity index (χ3v) is 4.28. The maximum Gasteiger partial charge on any atom is 0.271 e. The number of carbonyl (C=O) groups excluding carboxylic acids is 1. The first-order chi connectivity index (χ1) is 12.1. The number of hydrogen-bond acceptors (Lipinski definition) is 4. The zero-order valence-electron chi connectivity index (χ0n) is 14.7. The molecule has 0 atom stereocenters. The number of nitrogens with one attached hydrogen (secondary N) is 1. The van der Waals surface area contributed by atoms with Gasteiger partial charge >= 0.3 is 0 Å². The van der Waals surface area contributed by atoms with Gasteiger partial charge in [-0.2, -0.15) is 5.10 Å². The molecule has 0 aromatic heterocycles. The lowest BCUT2D eigenvalue weighted by Gasteiger charge is -2.28. The number of amides is 1. The highest BCUT2D eigenvalue weighted by Crippen LogP contribution is 2.16. The Morgan fingerprint density at radius 1 is 1.12 bits per heavy atom. The van der Waals surface area contributed by atoms with E-state index in [0.29, 0.717) is 5.56 Å². The van der Waals surface area contributed by atoms with Crippen LogP contribution in [-0.2, 0) is 4.74 Å². The van der Waals surface area contributed by atoms with Crippen LogP contribution in [0.2, 0.25) is 0 Å². The molecule has 0 bridgehead atoms. The number of nitrogens with zero attached hydrogens (tertiary/aromatic N) is 2. The predicted octanol–water partition coefficient (Wildman–Crippen LogP) is 2.90. The molecule has 0 spiro atoms. The van der Waals surface area contributed by atoms with E-state index in [0.717, 1.165) is 43.0 Å². The molecule has 0 unspecified atom stereocenters. The number of rotatable bonds is 4. The molecular formula is C20H23N3O2. The maximum absolute atomic E-state index is 12.2. The largest absolute Gasteiger partial charge is 0.378 e. The van der Waals surface area contributed by atoms with E-state index in [1.165, 1.54) is 5.69 Å². The molecule has 1 N–H and O–H groups in total. The molecule has 1 fully saturated rings. The van der Waals surface area contributed by atoms with Gasteiger partial charge in [0.15, 0.2) is 0 Å². The van der Waals surface area contributed by atoms with Gasteiger partial charge in [0.1, 0.15) is 0 Å². The zero-order valence-corrected chi connectivity index (χ0v) is 14.7. The van der Waals surface area contributed by atoms with Gasteiger partial charge in [-0.05, 0) is 43.2 Å². The first-order valence-corrected chi connectivity index (χ1v) is 8.47. The summed E-state index contributed by atoms with van der Waals surface area (Å²) >= 11 is 0. The molecule has 0 saturated carbocycles. The van der Waals surface area contributed by atoms with Gasteiger partial charge in [0.25, 0.3) is 5.91 Å². The number of hydrogen-bond donors (Lipinski definition) is 1. The summed E-state index contributed by atoms with van der Waals surface area (Å²) in [5.74, 6) is -0.196. The summed E-state index contributed by atoms with van der Waals surface area (Å²) in [6, 6.07) is 13.9. The number of ether oxygens (including phenoxy) is 1. The van der Waals surface area contributed by atoms with Gasteiger partial charge in [-0.15, -0.1) is 0 Å². The second-order valence-electron chi connectivity index (χ2n) is 6.21. The van der Waals surface area contributed by atoms with Gasteiger partial charge in [0.05, 0.1) is 19.4 Å². The number of hydrazone groups is 1. The lowest BCUT2D eigenvalue weighted by Crippen LogP contribution is -2.36. The molecule has 1 aliphatic rings. The third-order valence-electron chi connectivity index (χ3n) is 4.28. The average Bonchev–Trinajstić information content (AvgIpc) is 2.63. The van der Waals surface area contributed by atoms with Crippen molar-refractivity contribution in [2.45, 2.75) is 13.8 Å². The van der Waals surface area contributed by atoms with E-state index in [9.17, 15) is 4.79 Å². The first kappa shape index (κ1) is 17.2. The smallest absolute Gasteiger partial charge is 0.271 e. The molecule has 5 heteroatoms. The molecule has 1 heterocycles. The summed E-state index contributed by atoms with van der Waals surface area (Å²) in [6.45, 7) is 7.31. The van der Waals surface area contributed by atoms with Crippen molar-refractivity contribution < 1.29 is 9.53 Å². The van der Waals surface area contributed by atoms with Crippen LogP contribution in [0.3, 0.4) is 0 Å². The Bertz CT molecular complexity index is 763. The van der Waals surface area contributed by atoms with Crippen LogP contribution in [-0.4, -0.2) is 38.4 Å². The minimum absolute atomic E-state index is 0.196. The van der Waals surface area contributed by atoms with E-state index in [-0.39, 0.29) is 5.91 Å². The predicted molar refractivity (Wildman–Crippen MR) is 100 cm³/mol. The molecule has 25 heavy (non-hydrogen) atoms. The highest BCUT2D eigenvalue weighted by Gasteiger charge is 2.10. The van der Waals surface area contributed by atoms with Crippen LogP contribution in [0.5, 0.6) is 0 Å². The van der Waals surface area contributed by atoms with Crippen LogP contribution in [0.1, 0.15) is 27.0 Å². The Morgan fingerprint density at radius 2 is 1.84 bits per heavy atom. The fraction of sp³-hybridized carbons (Fsp3) is 0.300. The standard InChI is InChI=1S/C20H23N3O2/c1-15-3-8-19(16(2)13-15)20(24)22-21-14-17-4-6-18(7-5-17)23-9-11-25-12-10-23/h3-8,13-14H,9-12H2,1-2H3,(H,22,24). The molecule has 0 aliphatic carbocycles. The second-order valence-corrected chi connectivity index (χ2v) is 6.21. The molecule has 1 amide bonds. The number of benzene rings is 2. The summed E-state index contributed by atoms with van der Waals surface area (Å²) in [4.78, 5) is 14.5. The van der Waals surface area contributed by atoms with E-state index in [1.54, 1.807) is 6.21 Å². The second kappa shape index (κ2) is 7.94. The van der Waals surface area contributed by atoms with Crippen molar-refractivity contribution >= 4 is 17.8 Å². The summed E-state index contributed by atoms with van der Waals surface area (Å²) in [5, 5.41) is 4.07. The normalized spacial score (nSPS) is 14.7. The fourth-order valence-electron chi connectivity index (χ4n) is 2.89. The van der Waals surface area contributed by atoms with Crippen molar-refractivity contribution in [2.75, 3.05) is 31.2 Å². The van der Waals surface area contributed by atoms with Crippen LogP contribution in [0.15, 0.2) is 47.6 Å².